The van der Waals surface area contributed by atoms with E-state index in [0.717, 1.165) is 0 Å². The van der Waals surface area contributed by atoms with Crippen LogP contribution in [0.3, 0.4) is 0 Å². The average molecular weight is 784 g/mol. The number of carbonyl (C=O) groups is 3. The third-order valence-electron chi connectivity index (χ3n) is 9.46. The number of esters is 2. The molecule has 7 atom stereocenters. The molecule has 298 valence electrons. The molecule has 0 spiro atoms. The number of methoxy groups -OCH3 is 1. The van der Waals surface area contributed by atoms with E-state index in [1.54, 1.807) is 54.6 Å². The van der Waals surface area contributed by atoms with Crippen LogP contribution in [0, 0.1) is 11.8 Å². The second-order valence-electron chi connectivity index (χ2n) is 13.3. The number of aromatic nitrogens is 2. The Hall–Kier alpha value is -6.23. The van der Waals surface area contributed by atoms with Gasteiger partial charge in [-0.2, -0.15) is 0 Å². The van der Waals surface area contributed by atoms with Crippen molar-refractivity contribution in [3.63, 3.8) is 0 Å². The molecule has 0 unspecified atom stereocenters. The maximum absolute atomic E-state index is 14.2. The number of aliphatic hydroxyl groups excluding tert-OH is 1. The van der Waals surface area contributed by atoms with Crippen LogP contribution in [0.2, 0.25) is 0 Å². The van der Waals surface area contributed by atoms with Crippen LogP contribution in [0.25, 0.3) is 22.2 Å². The van der Waals surface area contributed by atoms with Crippen molar-refractivity contribution in [2.45, 2.75) is 56.4 Å². The number of aliphatic hydroxyl groups is 1. The van der Waals surface area contributed by atoms with E-state index >= 15 is 0 Å². The number of nitrogens with one attached hydrogen (secondary N) is 1. The van der Waals surface area contributed by atoms with E-state index in [1.807, 2.05) is 18.2 Å². The Bertz CT molecular complexity index is 2170. The third kappa shape index (κ3) is 8.93. The second kappa shape index (κ2) is 17.7. The molecule has 2 aliphatic heterocycles. The summed E-state index contributed by atoms with van der Waals surface area (Å²) in [5.41, 5.74) is 2.61. The molecule has 0 bridgehead atoms. The average Bonchev–Trinajstić information content (AvgIpc) is 3.96. The van der Waals surface area contributed by atoms with Crippen LogP contribution in [0.4, 0.5) is 10.5 Å². The fraction of sp³-hybridized carbons (Fsp3) is 0.341. The summed E-state index contributed by atoms with van der Waals surface area (Å²) in [5, 5.41) is 13.1. The number of hydrogen-bond donors (Lipinski definition) is 2. The molecule has 1 fully saturated rings. The summed E-state index contributed by atoms with van der Waals surface area (Å²) >= 11 is 0. The largest absolute Gasteiger partial charge is 0.454 e. The molecule has 2 aliphatic rings. The predicted molar refractivity (Wildman–Crippen MR) is 201 cm³/mol. The van der Waals surface area contributed by atoms with Crippen molar-refractivity contribution in [3.05, 3.63) is 104 Å². The zero-order valence-corrected chi connectivity index (χ0v) is 30.9. The number of nitrogens with zero attached hydrogens (tertiary/aromatic N) is 2. The summed E-state index contributed by atoms with van der Waals surface area (Å²) in [6.45, 7) is 6.92. The molecule has 16 nitrogen and oxygen atoms in total. The summed E-state index contributed by atoms with van der Waals surface area (Å²) in [6, 6.07) is 19.1. The molecule has 3 aromatic carbocycles. The Morgan fingerprint density at radius 2 is 1.39 bits per heavy atom. The molecule has 1 amide bonds. The third-order valence-corrected chi connectivity index (χ3v) is 9.46. The molecule has 0 radical (unpaired) electrons. The molecule has 0 saturated carbocycles. The number of oxazole rings is 2. The number of carbonyl (C=O) groups excluding carboxylic acids is 3. The van der Waals surface area contributed by atoms with E-state index in [0.29, 0.717) is 45.3 Å². The minimum atomic E-state index is -1.57. The van der Waals surface area contributed by atoms with Crippen molar-refractivity contribution >= 4 is 45.9 Å². The maximum atomic E-state index is 14.2. The molecule has 2 N–H and O–H groups in total. The molecule has 16 heteroatoms. The maximum Gasteiger partial charge on any atom is 0.412 e. The highest BCUT2D eigenvalue weighted by atomic mass is 16.7. The van der Waals surface area contributed by atoms with Gasteiger partial charge in [0.05, 0.1) is 18.4 Å². The first-order valence-electron chi connectivity index (χ1n) is 18.2. The van der Waals surface area contributed by atoms with Crippen LogP contribution in [0.1, 0.15) is 24.6 Å². The van der Waals surface area contributed by atoms with Crippen molar-refractivity contribution in [3.8, 4) is 11.5 Å². The van der Waals surface area contributed by atoms with Gasteiger partial charge in [-0.3, -0.25) is 14.9 Å². The van der Waals surface area contributed by atoms with Crippen LogP contribution < -0.4 is 14.8 Å². The Balaban J connectivity index is 1.17. The molecule has 7 rings (SSSR count). The van der Waals surface area contributed by atoms with E-state index < -0.39 is 67.2 Å². The minimum Gasteiger partial charge on any atom is -0.454 e. The van der Waals surface area contributed by atoms with E-state index in [9.17, 15) is 19.5 Å². The normalized spacial score (nSPS) is 21.1. The molecule has 5 aromatic rings. The minimum absolute atomic E-state index is 0.0202. The number of anilines is 1. The smallest absolute Gasteiger partial charge is 0.412 e. The van der Waals surface area contributed by atoms with Gasteiger partial charge in [-0.05, 0) is 49.2 Å². The molecule has 0 aliphatic carbocycles. The topological polar surface area (TPSA) is 200 Å². The molecular formula is C41H41N3O13. The monoisotopic (exact) mass is 783 g/mol. The Morgan fingerprint density at radius 3 is 1.95 bits per heavy atom. The summed E-state index contributed by atoms with van der Waals surface area (Å²) < 4.78 is 52.2. The lowest BCUT2D eigenvalue weighted by Gasteiger charge is -2.44. The van der Waals surface area contributed by atoms with Crippen LogP contribution in [-0.4, -0.2) is 84.3 Å². The first-order chi connectivity index (χ1) is 27.8. The lowest BCUT2D eigenvalue weighted by Crippen LogP contribution is -2.63. The number of para-hydroxylation sites is 4. The lowest BCUT2D eigenvalue weighted by molar-refractivity contribution is -0.300. The number of rotatable bonds is 16. The quantitative estimate of drug-likeness (QED) is 0.0704. The predicted octanol–water partition coefficient (Wildman–Crippen LogP) is 5.67. The molecule has 1 saturated heterocycles. The number of benzene rings is 3. The first-order valence-corrected chi connectivity index (χ1v) is 18.2. The van der Waals surface area contributed by atoms with E-state index in [2.05, 4.69) is 28.4 Å². The van der Waals surface area contributed by atoms with Gasteiger partial charge in [-0.25, -0.2) is 14.8 Å². The van der Waals surface area contributed by atoms with Crippen LogP contribution in [0.5, 0.6) is 11.5 Å². The molecule has 57 heavy (non-hydrogen) atoms. The Kier molecular flexibility index (Phi) is 12.1. The number of allylic oxidation sites excluding steroid dienone is 2. The van der Waals surface area contributed by atoms with Crippen molar-refractivity contribution in [2.24, 2.45) is 11.8 Å². The van der Waals surface area contributed by atoms with E-state index in [4.69, 9.17) is 42.0 Å². The van der Waals surface area contributed by atoms with Gasteiger partial charge in [0.1, 0.15) is 17.1 Å². The summed E-state index contributed by atoms with van der Waals surface area (Å²) in [6.07, 6.45) is -4.83. The highest BCUT2D eigenvalue weighted by molar-refractivity contribution is 5.85. The fourth-order valence-corrected chi connectivity index (χ4v) is 6.69. The number of ether oxygens (including phenoxy) is 7. The highest BCUT2D eigenvalue weighted by Gasteiger charge is 2.53. The Labute approximate surface area is 326 Å². The molecular weight excluding hydrogens is 742 g/mol. The standard InChI is InChI=1S/C41H41N3O13/c1-4-10-23(18-33-43-26-12-6-8-14-28(26)52-33)38(46)55-36-35(57-41(48)42-25-16-17-30-31(20-25)51-22-50-30)32(21-45)54-40(49-3)37(36)56-39(47)24(11-5-2)19-34-44-27-13-7-9-15-29(27)53-34/h4-9,12-17,20,23-24,32,35-37,40,45H,1-2,10-11,18-19,21-22H2,3H3,(H,42,48)/t23-,24-,32+,35-,36-,37+,40-/m0/s1. The van der Waals surface area contributed by atoms with Crippen molar-refractivity contribution < 1.29 is 61.5 Å². The van der Waals surface area contributed by atoms with Gasteiger partial charge in [0, 0.05) is 31.7 Å². The van der Waals surface area contributed by atoms with Gasteiger partial charge < -0.3 is 47.1 Å². The fourth-order valence-electron chi connectivity index (χ4n) is 6.69. The van der Waals surface area contributed by atoms with Gasteiger partial charge in [0.15, 0.2) is 59.0 Å². The highest BCUT2D eigenvalue weighted by Crippen LogP contribution is 2.35. The van der Waals surface area contributed by atoms with Crippen LogP contribution in [-0.2, 0) is 46.1 Å². The lowest BCUT2D eigenvalue weighted by atomic mass is 9.96. The van der Waals surface area contributed by atoms with Gasteiger partial charge >= 0.3 is 18.0 Å². The van der Waals surface area contributed by atoms with Crippen molar-refractivity contribution in [1.82, 2.24) is 9.97 Å². The van der Waals surface area contributed by atoms with Crippen LogP contribution in [0.15, 0.2) is 101 Å². The number of fused-ring (bicyclic) bond motifs is 3. The molecule has 4 heterocycles. The number of amides is 1. The van der Waals surface area contributed by atoms with Crippen LogP contribution >= 0.6 is 0 Å². The zero-order chi connectivity index (χ0) is 39.9. The zero-order valence-electron chi connectivity index (χ0n) is 30.9. The van der Waals surface area contributed by atoms with Gasteiger partial charge in [-0.1, -0.05) is 36.4 Å². The van der Waals surface area contributed by atoms with E-state index in [-0.39, 0.29) is 38.4 Å². The first kappa shape index (κ1) is 39.0. The number of hydrogen-bond acceptors (Lipinski definition) is 15. The van der Waals surface area contributed by atoms with Gasteiger partial charge in [-0.15, -0.1) is 13.2 Å². The van der Waals surface area contributed by atoms with Gasteiger partial charge in [0.2, 0.25) is 6.79 Å². The second-order valence-corrected chi connectivity index (χ2v) is 13.3. The van der Waals surface area contributed by atoms with Gasteiger partial charge in [0.25, 0.3) is 0 Å². The Morgan fingerprint density at radius 1 is 0.807 bits per heavy atom. The van der Waals surface area contributed by atoms with Crippen molar-refractivity contribution in [1.29, 1.82) is 0 Å². The van der Waals surface area contributed by atoms with Crippen molar-refractivity contribution in [2.75, 3.05) is 25.8 Å². The SMILES string of the molecule is C=CC[C@@H](Cc1nc2ccccc2o1)C(=O)O[C@H]1[C@@H](OC(=O)Nc2ccc3c(c2)OCO3)[C@@H](CO)O[C@H](OC)[C@@H]1OC(=O)[C@@H](CC=C)Cc1nc2ccccc2o1. The molecule has 2 aromatic heterocycles. The summed E-state index contributed by atoms with van der Waals surface area (Å²) in [4.78, 5) is 50.8. The van der Waals surface area contributed by atoms with E-state index in [1.165, 1.54) is 13.2 Å². The summed E-state index contributed by atoms with van der Waals surface area (Å²) in [7, 11) is 1.29. The summed E-state index contributed by atoms with van der Waals surface area (Å²) in [5.74, 6) is -1.82.